The molecule has 0 saturated heterocycles. The molecule has 2 heteroatoms. The van der Waals surface area contributed by atoms with Crippen LogP contribution >= 0.6 is 0 Å². The normalized spacial score (nSPS) is 18.7. The summed E-state index contributed by atoms with van der Waals surface area (Å²) in [5.74, 6) is 0.492. The van der Waals surface area contributed by atoms with Crippen molar-refractivity contribution in [2.24, 2.45) is 5.92 Å². The van der Waals surface area contributed by atoms with Gasteiger partial charge in [-0.2, -0.15) is 0 Å². The molecule has 2 nitrogen and oxygen atoms in total. The summed E-state index contributed by atoms with van der Waals surface area (Å²) in [4.78, 5) is 0. The van der Waals surface area contributed by atoms with Gasteiger partial charge < -0.3 is 9.84 Å². The molecule has 1 N–H and O–H groups in total. The summed E-state index contributed by atoms with van der Waals surface area (Å²) in [6.07, 6.45) is 1.81. The Morgan fingerprint density at radius 1 is 1.31 bits per heavy atom. The maximum atomic E-state index is 9.14. The lowest BCUT2D eigenvalue weighted by Gasteiger charge is -2.34. The van der Waals surface area contributed by atoms with Gasteiger partial charge in [0.2, 0.25) is 0 Å². The summed E-state index contributed by atoms with van der Waals surface area (Å²) in [6.45, 7) is 10.8. The lowest BCUT2D eigenvalue weighted by atomic mass is 9.88. The van der Waals surface area contributed by atoms with E-state index in [1.807, 2.05) is 0 Å². The molecule has 0 spiro atoms. The summed E-state index contributed by atoms with van der Waals surface area (Å²) in [5.41, 5.74) is -0.0776. The monoisotopic (exact) mass is 188 g/mol. The molecule has 0 radical (unpaired) electrons. The molecule has 0 aliphatic rings. The molecule has 80 valence electrons. The number of hydrogen-bond donors (Lipinski definition) is 1. The highest BCUT2D eigenvalue weighted by atomic mass is 16.5. The van der Waals surface area contributed by atoms with Crippen LogP contribution < -0.4 is 0 Å². The maximum absolute atomic E-state index is 9.14. The Bertz CT molecular complexity index is 132. The predicted octanol–water partition coefficient (Wildman–Crippen LogP) is 2.60. The van der Waals surface area contributed by atoms with Gasteiger partial charge in [-0.25, -0.2) is 0 Å². The molecule has 0 aliphatic carbocycles. The first-order chi connectivity index (χ1) is 5.92. The second kappa shape index (κ2) is 5.61. The molecule has 13 heavy (non-hydrogen) atoms. The van der Waals surface area contributed by atoms with Crippen molar-refractivity contribution in [3.8, 4) is 0 Å². The van der Waals surface area contributed by atoms with Crippen LogP contribution in [0.2, 0.25) is 0 Å². The van der Waals surface area contributed by atoms with Gasteiger partial charge >= 0.3 is 0 Å². The van der Waals surface area contributed by atoms with E-state index in [1.165, 1.54) is 0 Å². The highest BCUT2D eigenvalue weighted by molar-refractivity contribution is 4.78. The fourth-order valence-corrected chi connectivity index (χ4v) is 1.33. The average Bonchev–Trinajstić information content (AvgIpc) is 2.01. The first kappa shape index (κ1) is 12.9. The molecule has 0 aliphatic heterocycles. The topological polar surface area (TPSA) is 29.5 Å². The van der Waals surface area contributed by atoms with Crippen molar-refractivity contribution in [2.75, 3.05) is 6.61 Å². The van der Waals surface area contributed by atoms with Crippen LogP contribution in [0.25, 0.3) is 0 Å². The Morgan fingerprint density at radius 2 is 1.85 bits per heavy atom. The van der Waals surface area contributed by atoms with Crippen LogP contribution in [0.3, 0.4) is 0 Å². The van der Waals surface area contributed by atoms with Crippen LogP contribution in [0, 0.1) is 5.92 Å². The minimum absolute atomic E-state index is 0.0776. The third-order valence-corrected chi connectivity index (χ3v) is 2.62. The van der Waals surface area contributed by atoms with E-state index in [2.05, 4.69) is 27.7 Å². The first-order valence-electron chi connectivity index (χ1n) is 5.24. The molecule has 0 saturated carbocycles. The van der Waals surface area contributed by atoms with Gasteiger partial charge in [0.15, 0.2) is 0 Å². The summed E-state index contributed by atoms with van der Waals surface area (Å²) >= 11 is 0. The Hall–Kier alpha value is -0.0800. The van der Waals surface area contributed by atoms with Crippen molar-refractivity contribution in [3.63, 3.8) is 0 Å². The van der Waals surface area contributed by atoms with Crippen molar-refractivity contribution in [3.05, 3.63) is 0 Å². The predicted molar refractivity (Wildman–Crippen MR) is 55.8 cm³/mol. The van der Waals surface area contributed by atoms with Crippen LogP contribution in [0.4, 0.5) is 0 Å². The van der Waals surface area contributed by atoms with E-state index < -0.39 is 0 Å². The summed E-state index contributed by atoms with van der Waals surface area (Å²) < 4.78 is 5.74. The van der Waals surface area contributed by atoms with Gasteiger partial charge in [-0.3, -0.25) is 0 Å². The third kappa shape index (κ3) is 4.63. The first-order valence-corrected chi connectivity index (χ1v) is 5.24. The van der Waals surface area contributed by atoms with E-state index in [-0.39, 0.29) is 11.7 Å². The van der Waals surface area contributed by atoms with E-state index in [4.69, 9.17) is 9.84 Å². The Kier molecular flexibility index (Phi) is 5.57. The van der Waals surface area contributed by atoms with Gasteiger partial charge in [0.1, 0.15) is 0 Å². The second-order valence-corrected chi connectivity index (χ2v) is 4.38. The molecule has 0 aromatic rings. The van der Waals surface area contributed by atoms with Gasteiger partial charge in [0.25, 0.3) is 0 Å². The van der Waals surface area contributed by atoms with Crippen LogP contribution in [0.15, 0.2) is 0 Å². The number of aliphatic hydroxyl groups is 1. The van der Waals surface area contributed by atoms with Gasteiger partial charge in [0.05, 0.1) is 18.3 Å². The van der Waals surface area contributed by atoms with Gasteiger partial charge in [-0.1, -0.05) is 27.2 Å². The van der Waals surface area contributed by atoms with Gasteiger partial charge in [-0.05, 0) is 26.2 Å². The molecule has 0 bridgehead atoms. The number of ether oxygens (including phenoxy) is 1. The number of rotatable bonds is 6. The molecule has 2 atom stereocenters. The lowest BCUT2D eigenvalue weighted by molar-refractivity contribution is -0.0961. The summed E-state index contributed by atoms with van der Waals surface area (Å²) in [5, 5.41) is 9.14. The molecule has 0 heterocycles. The van der Waals surface area contributed by atoms with Crippen LogP contribution in [-0.2, 0) is 4.74 Å². The largest absolute Gasteiger partial charge is 0.391 e. The summed E-state index contributed by atoms with van der Waals surface area (Å²) in [6, 6.07) is 0. The van der Waals surface area contributed by atoms with Crippen LogP contribution in [0.1, 0.15) is 47.5 Å². The van der Waals surface area contributed by atoms with E-state index >= 15 is 0 Å². The summed E-state index contributed by atoms with van der Waals surface area (Å²) in [7, 11) is 0. The van der Waals surface area contributed by atoms with E-state index in [9.17, 15) is 0 Å². The standard InChI is InChI=1S/C11H24O2/c1-6-7-11(5,9(2)3)13-8-10(4)12/h9-10,12H,6-8H2,1-5H3. The van der Waals surface area contributed by atoms with Crippen molar-refractivity contribution < 1.29 is 9.84 Å². The molecule has 0 fully saturated rings. The second-order valence-electron chi connectivity index (χ2n) is 4.38. The van der Waals surface area contributed by atoms with Crippen molar-refractivity contribution in [2.45, 2.75) is 59.2 Å². The Labute approximate surface area is 82.3 Å². The zero-order chi connectivity index (χ0) is 10.5. The molecule has 0 aromatic carbocycles. The third-order valence-electron chi connectivity index (χ3n) is 2.62. The zero-order valence-electron chi connectivity index (χ0n) is 9.63. The SMILES string of the molecule is CCCC(C)(OCC(C)O)C(C)C. The molecule has 0 rings (SSSR count). The highest BCUT2D eigenvalue weighted by Crippen LogP contribution is 2.26. The van der Waals surface area contributed by atoms with Crippen molar-refractivity contribution in [1.29, 1.82) is 0 Å². The van der Waals surface area contributed by atoms with Crippen molar-refractivity contribution in [1.82, 2.24) is 0 Å². The van der Waals surface area contributed by atoms with E-state index in [0.29, 0.717) is 12.5 Å². The number of hydrogen-bond acceptors (Lipinski definition) is 2. The number of aliphatic hydroxyl groups excluding tert-OH is 1. The molecule has 0 aromatic heterocycles. The average molecular weight is 188 g/mol. The smallest absolute Gasteiger partial charge is 0.0745 e. The van der Waals surface area contributed by atoms with Crippen LogP contribution in [-0.4, -0.2) is 23.4 Å². The minimum atomic E-state index is -0.366. The minimum Gasteiger partial charge on any atom is -0.391 e. The van der Waals surface area contributed by atoms with E-state index in [0.717, 1.165) is 12.8 Å². The lowest BCUT2D eigenvalue weighted by Crippen LogP contribution is -2.37. The fraction of sp³-hybridized carbons (Fsp3) is 1.00. The Balaban J connectivity index is 4.07. The molecule has 0 amide bonds. The molecule has 2 unspecified atom stereocenters. The Morgan fingerprint density at radius 3 is 2.15 bits per heavy atom. The van der Waals surface area contributed by atoms with Gasteiger partial charge in [0, 0.05) is 0 Å². The van der Waals surface area contributed by atoms with Crippen LogP contribution in [0.5, 0.6) is 0 Å². The van der Waals surface area contributed by atoms with Crippen molar-refractivity contribution >= 4 is 0 Å². The molecular formula is C11H24O2. The van der Waals surface area contributed by atoms with Gasteiger partial charge in [-0.15, -0.1) is 0 Å². The molecular weight excluding hydrogens is 164 g/mol. The maximum Gasteiger partial charge on any atom is 0.0745 e. The van der Waals surface area contributed by atoms with E-state index in [1.54, 1.807) is 6.92 Å². The quantitative estimate of drug-likeness (QED) is 0.694. The fourth-order valence-electron chi connectivity index (χ4n) is 1.33. The highest BCUT2D eigenvalue weighted by Gasteiger charge is 2.28. The zero-order valence-corrected chi connectivity index (χ0v) is 9.63.